The molecular formula is C14H21NO3. The van der Waals surface area contributed by atoms with E-state index in [2.05, 4.69) is 5.32 Å². The molecule has 1 aromatic rings. The number of carbonyl (C=O) groups is 1. The number of anilines is 1. The summed E-state index contributed by atoms with van der Waals surface area (Å²) in [6, 6.07) is 5.72. The number of carbonyl (C=O) groups excluding carboxylic acids is 1. The number of hydrogen-bond donors (Lipinski definition) is 1. The second kappa shape index (κ2) is 7.01. The van der Waals surface area contributed by atoms with Crippen LogP contribution in [0.4, 0.5) is 5.69 Å². The van der Waals surface area contributed by atoms with Gasteiger partial charge in [-0.1, -0.05) is 12.1 Å². The summed E-state index contributed by atoms with van der Waals surface area (Å²) in [5.74, 6) is -0.270. The Morgan fingerprint density at radius 1 is 1.33 bits per heavy atom. The molecule has 100 valence electrons. The third kappa shape index (κ3) is 4.37. The first kappa shape index (κ1) is 14.5. The van der Waals surface area contributed by atoms with Crippen molar-refractivity contribution in [3.05, 3.63) is 29.3 Å². The van der Waals surface area contributed by atoms with Crippen LogP contribution in [0.2, 0.25) is 0 Å². The zero-order valence-electron chi connectivity index (χ0n) is 11.4. The van der Waals surface area contributed by atoms with Gasteiger partial charge in [-0.15, -0.1) is 0 Å². The van der Waals surface area contributed by atoms with Crippen LogP contribution >= 0.6 is 0 Å². The van der Waals surface area contributed by atoms with E-state index < -0.39 is 0 Å². The SMILES string of the molecule is COCCOC(=O)[C@H](C)Nc1cc(C)ccc1C. The van der Waals surface area contributed by atoms with Crippen molar-refractivity contribution in [2.75, 3.05) is 25.6 Å². The standard InChI is InChI=1S/C14H21NO3/c1-10-5-6-11(2)13(9-10)15-12(3)14(16)18-8-7-17-4/h5-6,9,12,15H,7-8H2,1-4H3/t12-/m0/s1. The van der Waals surface area contributed by atoms with Gasteiger partial charge >= 0.3 is 5.97 Å². The van der Waals surface area contributed by atoms with Gasteiger partial charge in [0.2, 0.25) is 0 Å². The van der Waals surface area contributed by atoms with Crippen molar-refractivity contribution in [3.63, 3.8) is 0 Å². The molecule has 0 bridgehead atoms. The molecule has 0 aromatic heterocycles. The summed E-state index contributed by atoms with van der Waals surface area (Å²) in [6.07, 6.45) is 0. The maximum Gasteiger partial charge on any atom is 0.328 e. The molecule has 0 heterocycles. The topological polar surface area (TPSA) is 47.6 Å². The molecule has 0 aliphatic heterocycles. The van der Waals surface area contributed by atoms with Crippen molar-refractivity contribution in [2.45, 2.75) is 26.8 Å². The molecular weight excluding hydrogens is 230 g/mol. The van der Waals surface area contributed by atoms with Crippen LogP contribution in [-0.4, -0.2) is 32.3 Å². The molecule has 1 N–H and O–H groups in total. The Labute approximate surface area is 108 Å². The average Bonchev–Trinajstić information content (AvgIpc) is 2.34. The summed E-state index contributed by atoms with van der Waals surface area (Å²) in [5, 5.41) is 3.16. The fourth-order valence-electron chi connectivity index (χ4n) is 1.53. The van der Waals surface area contributed by atoms with E-state index in [9.17, 15) is 4.79 Å². The van der Waals surface area contributed by atoms with E-state index in [1.807, 2.05) is 32.0 Å². The zero-order valence-corrected chi connectivity index (χ0v) is 11.4. The average molecular weight is 251 g/mol. The van der Waals surface area contributed by atoms with Gasteiger partial charge < -0.3 is 14.8 Å². The number of esters is 1. The number of hydrogen-bond acceptors (Lipinski definition) is 4. The van der Waals surface area contributed by atoms with Gasteiger partial charge in [0, 0.05) is 12.8 Å². The number of ether oxygens (including phenoxy) is 2. The maximum atomic E-state index is 11.7. The Bertz CT molecular complexity index is 404. The molecule has 0 fully saturated rings. The summed E-state index contributed by atoms with van der Waals surface area (Å²) >= 11 is 0. The Morgan fingerprint density at radius 3 is 2.72 bits per heavy atom. The number of nitrogens with one attached hydrogen (secondary N) is 1. The number of benzene rings is 1. The van der Waals surface area contributed by atoms with Crippen molar-refractivity contribution < 1.29 is 14.3 Å². The summed E-state index contributed by atoms with van der Waals surface area (Å²) in [6.45, 7) is 6.52. The molecule has 0 aliphatic rings. The van der Waals surface area contributed by atoms with Crippen LogP contribution in [-0.2, 0) is 14.3 Å². The number of methoxy groups -OCH3 is 1. The van der Waals surface area contributed by atoms with E-state index in [1.54, 1.807) is 14.0 Å². The molecule has 0 radical (unpaired) electrons. The van der Waals surface area contributed by atoms with Crippen LogP contribution in [0.25, 0.3) is 0 Å². The van der Waals surface area contributed by atoms with Crippen LogP contribution in [0.5, 0.6) is 0 Å². The summed E-state index contributed by atoms with van der Waals surface area (Å²) in [5.41, 5.74) is 3.23. The highest BCUT2D eigenvalue weighted by Crippen LogP contribution is 2.17. The van der Waals surface area contributed by atoms with E-state index in [0.717, 1.165) is 16.8 Å². The van der Waals surface area contributed by atoms with Crippen LogP contribution in [0, 0.1) is 13.8 Å². The monoisotopic (exact) mass is 251 g/mol. The lowest BCUT2D eigenvalue weighted by atomic mass is 10.1. The van der Waals surface area contributed by atoms with Crippen LogP contribution < -0.4 is 5.32 Å². The predicted octanol–water partition coefficient (Wildman–Crippen LogP) is 2.29. The second-order valence-corrected chi connectivity index (χ2v) is 4.34. The first-order valence-electron chi connectivity index (χ1n) is 6.04. The van der Waals surface area contributed by atoms with Crippen molar-refractivity contribution in [1.82, 2.24) is 0 Å². The molecule has 0 amide bonds. The first-order chi connectivity index (χ1) is 8.54. The first-order valence-corrected chi connectivity index (χ1v) is 6.04. The van der Waals surface area contributed by atoms with Crippen LogP contribution in [0.1, 0.15) is 18.1 Å². The molecule has 0 saturated heterocycles. The minimum absolute atomic E-state index is 0.270. The van der Waals surface area contributed by atoms with Crippen molar-refractivity contribution in [2.24, 2.45) is 0 Å². The smallest absolute Gasteiger partial charge is 0.328 e. The fourth-order valence-corrected chi connectivity index (χ4v) is 1.53. The minimum atomic E-state index is -0.373. The molecule has 4 heteroatoms. The fraction of sp³-hybridized carbons (Fsp3) is 0.500. The van der Waals surface area contributed by atoms with E-state index in [1.165, 1.54) is 0 Å². The Hall–Kier alpha value is -1.55. The molecule has 0 aliphatic carbocycles. The lowest BCUT2D eigenvalue weighted by Gasteiger charge is -2.16. The van der Waals surface area contributed by atoms with Crippen molar-refractivity contribution >= 4 is 11.7 Å². The highest BCUT2D eigenvalue weighted by Gasteiger charge is 2.14. The highest BCUT2D eigenvalue weighted by atomic mass is 16.6. The summed E-state index contributed by atoms with van der Waals surface area (Å²) < 4.78 is 9.89. The molecule has 0 spiro atoms. The van der Waals surface area contributed by atoms with E-state index in [4.69, 9.17) is 9.47 Å². The van der Waals surface area contributed by atoms with Gasteiger partial charge in [0.25, 0.3) is 0 Å². The molecule has 4 nitrogen and oxygen atoms in total. The van der Waals surface area contributed by atoms with E-state index in [-0.39, 0.29) is 18.6 Å². The second-order valence-electron chi connectivity index (χ2n) is 4.34. The number of rotatable bonds is 6. The lowest BCUT2D eigenvalue weighted by Crippen LogP contribution is -2.29. The van der Waals surface area contributed by atoms with Gasteiger partial charge in [-0.05, 0) is 38.0 Å². The molecule has 0 saturated carbocycles. The van der Waals surface area contributed by atoms with Gasteiger partial charge in [-0.2, -0.15) is 0 Å². The molecule has 1 rings (SSSR count). The van der Waals surface area contributed by atoms with Gasteiger partial charge in [-0.25, -0.2) is 4.79 Å². The van der Waals surface area contributed by atoms with Crippen molar-refractivity contribution in [3.8, 4) is 0 Å². The molecule has 18 heavy (non-hydrogen) atoms. The molecule has 0 unspecified atom stereocenters. The van der Waals surface area contributed by atoms with Gasteiger partial charge in [0.1, 0.15) is 12.6 Å². The third-order valence-electron chi connectivity index (χ3n) is 2.65. The van der Waals surface area contributed by atoms with Crippen LogP contribution in [0.15, 0.2) is 18.2 Å². The highest BCUT2D eigenvalue weighted by molar-refractivity contribution is 5.79. The summed E-state index contributed by atoms with van der Waals surface area (Å²) in [4.78, 5) is 11.7. The normalized spacial score (nSPS) is 12.0. The Morgan fingerprint density at radius 2 is 2.06 bits per heavy atom. The Balaban J connectivity index is 2.55. The summed E-state index contributed by atoms with van der Waals surface area (Å²) in [7, 11) is 1.58. The molecule has 1 atom stereocenters. The van der Waals surface area contributed by atoms with E-state index >= 15 is 0 Å². The Kier molecular flexibility index (Phi) is 5.65. The van der Waals surface area contributed by atoms with Crippen molar-refractivity contribution in [1.29, 1.82) is 0 Å². The van der Waals surface area contributed by atoms with E-state index in [0.29, 0.717) is 6.61 Å². The van der Waals surface area contributed by atoms with Gasteiger partial charge in [0.05, 0.1) is 6.61 Å². The largest absolute Gasteiger partial charge is 0.462 e. The van der Waals surface area contributed by atoms with Crippen LogP contribution in [0.3, 0.4) is 0 Å². The van der Waals surface area contributed by atoms with Gasteiger partial charge in [0.15, 0.2) is 0 Å². The zero-order chi connectivity index (χ0) is 13.5. The quantitative estimate of drug-likeness (QED) is 0.622. The third-order valence-corrected chi connectivity index (χ3v) is 2.65. The lowest BCUT2D eigenvalue weighted by molar-refractivity contribution is -0.145. The number of aryl methyl sites for hydroxylation is 2. The maximum absolute atomic E-state index is 11.7. The molecule has 1 aromatic carbocycles. The minimum Gasteiger partial charge on any atom is -0.462 e. The van der Waals surface area contributed by atoms with Gasteiger partial charge in [-0.3, -0.25) is 0 Å². The predicted molar refractivity (Wildman–Crippen MR) is 71.8 cm³/mol.